The highest BCUT2D eigenvalue weighted by atomic mass is 35.7. The molecule has 20 heavy (non-hydrogen) atoms. The van der Waals surface area contributed by atoms with Crippen molar-refractivity contribution in [3.8, 4) is 0 Å². The predicted molar refractivity (Wildman–Crippen MR) is 67.2 cm³/mol. The van der Waals surface area contributed by atoms with Crippen LogP contribution in [0.5, 0.6) is 0 Å². The molecular formula is C11H11ClF3NO3S. The van der Waals surface area contributed by atoms with Crippen LogP contribution in [0.25, 0.3) is 0 Å². The highest BCUT2D eigenvalue weighted by Gasteiger charge is 2.43. The molecule has 0 fully saturated rings. The van der Waals surface area contributed by atoms with Crippen LogP contribution in [0.1, 0.15) is 12.0 Å². The summed E-state index contributed by atoms with van der Waals surface area (Å²) in [7, 11) is 1.27. The van der Waals surface area contributed by atoms with Crippen molar-refractivity contribution >= 4 is 25.4 Å². The van der Waals surface area contributed by atoms with Crippen molar-refractivity contribution in [1.29, 1.82) is 0 Å². The van der Waals surface area contributed by atoms with Crippen LogP contribution in [0, 0.1) is 0 Å². The van der Waals surface area contributed by atoms with E-state index in [1.807, 2.05) is 0 Å². The molecule has 1 atom stereocenters. The lowest BCUT2D eigenvalue weighted by molar-refractivity contribution is -0.203. The molecule has 1 aromatic carbocycles. The monoisotopic (exact) mass is 329 g/mol. The Balaban J connectivity index is 2.43. The highest BCUT2D eigenvalue weighted by molar-refractivity contribution is 8.13. The van der Waals surface area contributed by atoms with Crippen molar-refractivity contribution in [3.05, 3.63) is 23.8 Å². The second-order valence-electron chi connectivity index (χ2n) is 4.44. The van der Waals surface area contributed by atoms with Crippen molar-refractivity contribution in [2.24, 2.45) is 0 Å². The summed E-state index contributed by atoms with van der Waals surface area (Å²) >= 11 is 0. The van der Waals surface area contributed by atoms with Gasteiger partial charge in [0.2, 0.25) is 6.23 Å². The maximum Gasteiger partial charge on any atom is 0.433 e. The van der Waals surface area contributed by atoms with E-state index in [1.165, 1.54) is 12.1 Å². The Morgan fingerprint density at radius 3 is 2.55 bits per heavy atom. The average Bonchev–Trinajstić information content (AvgIpc) is 2.34. The van der Waals surface area contributed by atoms with E-state index < -0.39 is 21.5 Å². The van der Waals surface area contributed by atoms with Crippen LogP contribution in [-0.4, -0.2) is 32.5 Å². The molecule has 9 heteroatoms. The zero-order valence-electron chi connectivity index (χ0n) is 10.1. The summed E-state index contributed by atoms with van der Waals surface area (Å²) in [4.78, 5) is 0.643. The average molecular weight is 330 g/mol. The normalized spacial score (nSPS) is 17.8. The molecule has 4 nitrogen and oxygen atoms in total. The molecule has 1 aliphatic rings. The lowest BCUT2D eigenvalue weighted by atomic mass is 10.0. The van der Waals surface area contributed by atoms with Gasteiger partial charge in [-0.2, -0.15) is 13.2 Å². The topological polar surface area (TPSA) is 57.6 Å². The number of anilines is 1. The van der Waals surface area contributed by atoms with Gasteiger partial charge in [0, 0.05) is 22.9 Å². The Bertz CT molecular complexity index is 618. The van der Waals surface area contributed by atoms with Crippen molar-refractivity contribution in [1.82, 2.24) is 0 Å². The Hall–Kier alpha value is -0.990. The fraction of sp³-hybridized carbons (Fsp3) is 0.455. The molecule has 0 aromatic heterocycles. The van der Waals surface area contributed by atoms with Crippen molar-refractivity contribution in [3.63, 3.8) is 0 Å². The van der Waals surface area contributed by atoms with Crippen LogP contribution in [0.3, 0.4) is 0 Å². The summed E-state index contributed by atoms with van der Waals surface area (Å²) in [6, 6.07) is 3.61. The molecule has 1 unspecified atom stereocenters. The Labute approximate surface area is 118 Å². The smallest absolute Gasteiger partial charge is 0.366 e. The van der Waals surface area contributed by atoms with E-state index in [0.717, 1.165) is 11.0 Å². The number of aryl methyl sites for hydroxylation is 1. The van der Waals surface area contributed by atoms with Gasteiger partial charge in [-0.1, -0.05) is 0 Å². The molecule has 0 radical (unpaired) electrons. The van der Waals surface area contributed by atoms with Gasteiger partial charge in [0.15, 0.2) is 0 Å². The summed E-state index contributed by atoms with van der Waals surface area (Å²) in [5.74, 6) is 0. The van der Waals surface area contributed by atoms with E-state index in [2.05, 4.69) is 0 Å². The molecule has 0 aliphatic carbocycles. The van der Waals surface area contributed by atoms with Crippen LogP contribution < -0.4 is 4.90 Å². The summed E-state index contributed by atoms with van der Waals surface area (Å²) in [5, 5.41) is 9.34. The third kappa shape index (κ3) is 3.02. The minimum atomic E-state index is -4.77. The van der Waals surface area contributed by atoms with E-state index >= 15 is 0 Å². The number of alkyl halides is 3. The number of aliphatic hydroxyl groups is 1. The van der Waals surface area contributed by atoms with Crippen LogP contribution in [0.4, 0.5) is 18.9 Å². The van der Waals surface area contributed by atoms with Crippen molar-refractivity contribution in [2.75, 3.05) is 11.4 Å². The lowest BCUT2D eigenvalue weighted by Crippen LogP contribution is -2.48. The number of rotatable bonds is 2. The number of hydrogen-bond donors (Lipinski definition) is 1. The first kappa shape index (κ1) is 15.4. The van der Waals surface area contributed by atoms with Crippen molar-refractivity contribution < 1.29 is 26.7 Å². The van der Waals surface area contributed by atoms with Gasteiger partial charge in [-0.3, -0.25) is 0 Å². The zero-order valence-corrected chi connectivity index (χ0v) is 11.6. The standard InChI is InChI=1S/C11H11ClF3NO3S/c12-20(18,19)8-3-4-9-7(6-8)2-1-5-16(9)10(17)11(13,14)15/h3-4,6,10,17H,1-2,5H2. The van der Waals surface area contributed by atoms with Gasteiger partial charge >= 0.3 is 6.18 Å². The first-order valence-electron chi connectivity index (χ1n) is 5.70. The number of fused-ring (bicyclic) bond motifs is 1. The van der Waals surface area contributed by atoms with Crippen LogP contribution in [0.15, 0.2) is 23.1 Å². The third-order valence-electron chi connectivity index (χ3n) is 3.08. The molecule has 1 aliphatic heterocycles. The number of nitrogens with zero attached hydrogens (tertiary/aromatic N) is 1. The van der Waals surface area contributed by atoms with Gasteiger partial charge < -0.3 is 10.0 Å². The van der Waals surface area contributed by atoms with Gasteiger partial charge in [-0.05, 0) is 36.6 Å². The SMILES string of the molecule is O=S(=O)(Cl)c1ccc2c(c1)CCCN2C(O)C(F)(F)F. The van der Waals surface area contributed by atoms with Gasteiger partial charge in [0.05, 0.1) is 4.90 Å². The van der Waals surface area contributed by atoms with E-state index in [1.54, 1.807) is 0 Å². The molecule has 0 saturated heterocycles. The van der Waals surface area contributed by atoms with E-state index in [4.69, 9.17) is 10.7 Å². The second-order valence-corrected chi connectivity index (χ2v) is 7.01. The molecule has 1 heterocycles. The zero-order chi connectivity index (χ0) is 15.1. The first-order chi connectivity index (χ1) is 9.10. The number of halogens is 4. The van der Waals surface area contributed by atoms with Crippen LogP contribution >= 0.6 is 10.7 Å². The molecule has 112 valence electrons. The number of aliphatic hydroxyl groups excluding tert-OH is 1. The Kier molecular flexibility index (Phi) is 3.92. The van der Waals surface area contributed by atoms with Crippen LogP contribution in [0.2, 0.25) is 0 Å². The van der Waals surface area contributed by atoms with E-state index in [9.17, 15) is 26.7 Å². The summed E-state index contributed by atoms with van der Waals surface area (Å²) in [6.07, 6.45) is -6.57. The third-order valence-corrected chi connectivity index (χ3v) is 4.43. The fourth-order valence-corrected chi connectivity index (χ4v) is 2.99. The summed E-state index contributed by atoms with van der Waals surface area (Å²) in [6.45, 7) is 0.0423. The Morgan fingerprint density at radius 1 is 1.35 bits per heavy atom. The molecule has 0 amide bonds. The van der Waals surface area contributed by atoms with Gasteiger partial charge in [0.1, 0.15) is 0 Å². The molecule has 2 rings (SSSR count). The predicted octanol–water partition coefficient (Wildman–Crippen LogP) is 2.25. The lowest BCUT2D eigenvalue weighted by Gasteiger charge is -2.35. The summed E-state index contributed by atoms with van der Waals surface area (Å²) in [5.41, 5.74) is 0.589. The number of benzene rings is 1. The molecule has 0 spiro atoms. The summed E-state index contributed by atoms with van der Waals surface area (Å²) < 4.78 is 60.2. The van der Waals surface area contributed by atoms with E-state index in [-0.39, 0.29) is 17.1 Å². The van der Waals surface area contributed by atoms with Gasteiger partial charge in [-0.25, -0.2) is 8.42 Å². The minimum absolute atomic E-state index is 0.0423. The molecule has 0 saturated carbocycles. The Morgan fingerprint density at radius 2 is 2.00 bits per heavy atom. The quantitative estimate of drug-likeness (QED) is 0.846. The van der Waals surface area contributed by atoms with E-state index in [0.29, 0.717) is 18.4 Å². The molecule has 1 aromatic rings. The minimum Gasteiger partial charge on any atom is -0.366 e. The van der Waals surface area contributed by atoms with Gasteiger partial charge in [0.25, 0.3) is 9.05 Å². The second kappa shape index (κ2) is 5.09. The van der Waals surface area contributed by atoms with Gasteiger partial charge in [-0.15, -0.1) is 0 Å². The first-order valence-corrected chi connectivity index (χ1v) is 8.00. The molecule has 1 N–H and O–H groups in total. The maximum atomic E-state index is 12.6. The fourth-order valence-electron chi connectivity index (χ4n) is 2.19. The molecule has 0 bridgehead atoms. The van der Waals surface area contributed by atoms with Crippen molar-refractivity contribution in [2.45, 2.75) is 30.1 Å². The molecular weight excluding hydrogens is 319 g/mol. The maximum absolute atomic E-state index is 12.6. The number of hydrogen-bond acceptors (Lipinski definition) is 4. The van der Waals surface area contributed by atoms with Crippen LogP contribution in [-0.2, 0) is 15.5 Å². The largest absolute Gasteiger partial charge is 0.433 e. The highest BCUT2D eigenvalue weighted by Crippen LogP contribution is 2.35.